The molecule has 0 aromatic carbocycles. The van der Waals surface area contributed by atoms with Crippen molar-refractivity contribution in [3.05, 3.63) is 17.5 Å². The van der Waals surface area contributed by atoms with Gasteiger partial charge in [-0.05, 0) is 44.1 Å². The molecular weight excluding hydrogens is 304 g/mol. The lowest BCUT2D eigenvalue weighted by molar-refractivity contribution is -0.129. The summed E-state index contributed by atoms with van der Waals surface area (Å²) in [5.41, 5.74) is 2.28. The smallest absolute Gasteiger partial charge is 0.223 e. The Morgan fingerprint density at radius 2 is 2.17 bits per heavy atom. The first-order chi connectivity index (χ1) is 11.4. The van der Waals surface area contributed by atoms with Crippen LogP contribution in [0.3, 0.4) is 0 Å². The number of likely N-dealkylation sites (tertiary alicyclic amines) is 1. The fourth-order valence-corrected chi connectivity index (χ4v) is 3.17. The van der Waals surface area contributed by atoms with Crippen molar-refractivity contribution in [1.29, 1.82) is 0 Å². The predicted octanol–water partition coefficient (Wildman–Crippen LogP) is 2.22. The highest BCUT2D eigenvalue weighted by Gasteiger charge is 2.33. The van der Waals surface area contributed by atoms with Gasteiger partial charge >= 0.3 is 0 Å². The van der Waals surface area contributed by atoms with Crippen molar-refractivity contribution >= 4 is 12.3 Å². The number of hydrogen-bond acceptors (Lipinski definition) is 3. The van der Waals surface area contributed by atoms with E-state index in [-0.39, 0.29) is 17.9 Å². The van der Waals surface area contributed by atoms with Gasteiger partial charge in [-0.3, -0.25) is 14.7 Å². The topological polar surface area (TPSA) is 78.1 Å². The number of H-pyrrole nitrogens is 1. The van der Waals surface area contributed by atoms with Crippen molar-refractivity contribution in [2.45, 2.75) is 58.9 Å². The van der Waals surface area contributed by atoms with Crippen LogP contribution < -0.4 is 5.32 Å². The van der Waals surface area contributed by atoms with Gasteiger partial charge in [0.2, 0.25) is 12.3 Å². The zero-order valence-corrected chi connectivity index (χ0v) is 15.2. The minimum Gasteiger partial charge on any atom is -0.351 e. The molecule has 1 atom stereocenters. The maximum absolute atomic E-state index is 11.7. The van der Waals surface area contributed by atoms with Gasteiger partial charge in [-0.25, -0.2) is 0 Å². The molecule has 1 aliphatic heterocycles. The number of aromatic amines is 1. The standard InChI is InChI=1S/C11H18N2O2.C7H12N2/c1-8-4-9(5-8)11(15)12-10-2-3-13(6-10)7-14;1-5(2)7-4-6(3)8-9-7/h7-10H,2-6H2,1H3,(H,12,15);4-5H,1-3H3,(H,8,9). The summed E-state index contributed by atoms with van der Waals surface area (Å²) in [6.45, 7) is 9.91. The zero-order valence-electron chi connectivity index (χ0n) is 15.2. The molecule has 134 valence electrons. The molecule has 6 heteroatoms. The van der Waals surface area contributed by atoms with Gasteiger partial charge in [0.25, 0.3) is 0 Å². The predicted molar refractivity (Wildman–Crippen MR) is 93.5 cm³/mol. The summed E-state index contributed by atoms with van der Waals surface area (Å²) in [6, 6.07) is 2.25. The minimum absolute atomic E-state index is 0.179. The number of amides is 2. The third-order valence-electron chi connectivity index (χ3n) is 4.78. The molecule has 1 unspecified atom stereocenters. The van der Waals surface area contributed by atoms with Crippen LogP contribution in [0.1, 0.15) is 57.3 Å². The molecule has 1 aromatic heterocycles. The Morgan fingerprint density at radius 3 is 2.58 bits per heavy atom. The van der Waals surface area contributed by atoms with Gasteiger partial charge in [-0.1, -0.05) is 20.8 Å². The van der Waals surface area contributed by atoms with Gasteiger partial charge in [-0.15, -0.1) is 0 Å². The molecule has 0 bridgehead atoms. The van der Waals surface area contributed by atoms with Crippen LogP contribution in [0.5, 0.6) is 0 Å². The number of aryl methyl sites for hydroxylation is 1. The quantitative estimate of drug-likeness (QED) is 0.829. The second kappa shape index (κ2) is 8.31. The summed E-state index contributed by atoms with van der Waals surface area (Å²) < 4.78 is 0. The van der Waals surface area contributed by atoms with Crippen LogP contribution >= 0.6 is 0 Å². The maximum Gasteiger partial charge on any atom is 0.223 e. The largest absolute Gasteiger partial charge is 0.351 e. The molecule has 0 spiro atoms. The molecule has 24 heavy (non-hydrogen) atoms. The molecule has 2 heterocycles. The molecule has 6 nitrogen and oxygen atoms in total. The average Bonchev–Trinajstić information content (AvgIpc) is 3.13. The van der Waals surface area contributed by atoms with E-state index in [1.54, 1.807) is 4.90 Å². The Morgan fingerprint density at radius 1 is 1.46 bits per heavy atom. The molecular formula is C18H30N4O2. The van der Waals surface area contributed by atoms with Gasteiger partial charge in [0.15, 0.2) is 0 Å². The van der Waals surface area contributed by atoms with E-state index < -0.39 is 0 Å². The van der Waals surface area contributed by atoms with Crippen LogP contribution in [0.2, 0.25) is 0 Å². The maximum atomic E-state index is 11.7. The summed E-state index contributed by atoms with van der Waals surface area (Å²) in [5, 5.41) is 10.0. The molecule has 1 saturated carbocycles. The lowest BCUT2D eigenvalue weighted by atomic mass is 9.75. The van der Waals surface area contributed by atoms with Gasteiger partial charge in [-0.2, -0.15) is 5.10 Å². The number of nitrogens with zero attached hydrogens (tertiary/aromatic N) is 2. The number of hydrogen-bond donors (Lipinski definition) is 2. The monoisotopic (exact) mass is 334 g/mol. The molecule has 2 aliphatic rings. The molecule has 0 radical (unpaired) electrons. The Labute approximate surface area is 144 Å². The molecule has 2 N–H and O–H groups in total. The van der Waals surface area contributed by atoms with Gasteiger partial charge in [0, 0.05) is 30.7 Å². The van der Waals surface area contributed by atoms with E-state index in [4.69, 9.17) is 0 Å². The minimum atomic E-state index is 0.179. The van der Waals surface area contributed by atoms with Crippen LogP contribution in [-0.2, 0) is 9.59 Å². The van der Waals surface area contributed by atoms with Crippen molar-refractivity contribution in [3.63, 3.8) is 0 Å². The summed E-state index contributed by atoms with van der Waals surface area (Å²) in [5.74, 6) is 1.65. The molecule has 1 aromatic rings. The molecule has 1 saturated heterocycles. The fourth-order valence-electron chi connectivity index (χ4n) is 3.17. The second-order valence-corrected chi connectivity index (χ2v) is 7.50. The number of aromatic nitrogens is 2. The Kier molecular flexibility index (Phi) is 6.40. The third kappa shape index (κ3) is 5.08. The van der Waals surface area contributed by atoms with Crippen molar-refractivity contribution < 1.29 is 9.59 Å². The highest BCUT2D eigenvalue weighted by atomic mass is 16.2. The lowest BCUT2D eigenvalue weighted by Gasteiger charge is -2.32. The molecule has 1 aliphatic carbocycles. The SMILES string of the molecule is CC1CC(C(=O)NC2CCN(C=O)C2)C1.Cc1cc(C(C)C)n[nH]1. The van der Waals surface area contributed by atoms with E-state index in [0.717, 1.165) is 43.6 Å². The highest BCUT2D eigenvalue weighted by molar-refractivity contribution is 5.79. The number of nitrogens with one attached hydrogen (secondary N) is 2. The number of rotatable bonds is 4. The number of carbonyl (C=O) groups is 2. The van der Waals surface area contributed by atoms with E-state index in [2.05, 4.69) is 42.4 Å². The van der Waals surface area contributed by atoms with Gasteiger partial charge in [0.05, 0.1) is 5.69 Å². The molecule has 2 amide bonds. The Balaban J connectivity index is 0.000000198. The third-order valence-corrected chi connectivity index (χ3v) is 4.78. The van der Waals surface area contributed by atoms with Crippen LogP contribution in [0.25, 0.3) is 0 Å². The Bertz CT molecular complexity index is 549. The first-order valence-electron chi connectivity index (χ1n) is 8.90. The van der Waals surface area contributed by atoms with E-state index in [1.165, 1.54) is 0 Å². The van der Waals surface area contributed by atoms with Crippen LogP contribution in [-0.4, -0.2) is 46.5 Å². The van der Waals surface area contributed by atoms with Crippen molar-refractivity contribution in [2.75, 3.05) is 13.1 Å². The first kappa shape index (κ1) is 18.5. The van der Waals surface area contributed by atoms with Crippen LogP contribution in [0.15, 0.2) is 6.07 Å². The fraction of sp³-hybridized carbons (Fsp3) is 0.722. The highest BCUT2D eigenvalue weighted by Crippen LogP contribution is 2.33. The Hall–Kier alpha value is -1.85. The van der Waals surface area contributed by atoms with Crippen molar-refractivity contribution in [2.24, 2.45) is 11.8 Å². The van der Waals surface area contributed by atoms with E-state index in [0.29, 0.717) is 18.4 Å². The van der Waals surface area contributed by atoms with E-state index in [9.17, 15) is 9.59 Å². The first-order valence-corrected chi connectivity index (χ1v) is 8.90. The second-order valence-electron chi connectivity index (χ2n) is 7.50. The van der Waals surface area contributed by atoms with Crippen molar-refractivity contribution in [1.82, 2.24) is 20.4 Å². The average molecular weight is 334 g/mol. The lowest BCUT2D eigenvalue weighted by Crippen LogP contribution is -2.44. The van der Waals surface area contributed by atoms with Gasteiger partial charge in [0.1, 0.15) is 0 Å². The summed E-state index contributed by atoms with van der Waals surface area (Å²) in [7, 11) is 0. The summed E-state index contributed by atoms with van der Waals surface area (Å²) in [6.07, 6.45) is 3.80. The zero-order chi connectivity index (χ0) is 17.7. The number of carbonyl (C=O) groups excluding carboxylic acids is 2. The molecule has 3 rings (SSSR count). The molecule has 2 fully saturated rings. The summed E-state index contributed by atoms with van der Waals surface area (Å²) in [4.78, 5) is 23.9. The van der Waals surface area contributed by atoms with Crippen molar-refractivity contribution in [3.8, 4) is 0 Å². The van der Waals surface area contributed by atoms with Crippen LogP contribution in [0.4, 0.5) is 0 Å². The van der Waals surface area contributed by atoms with Gasteiger partial charge < -0.3 is 10.2 Å². The summed E-state index contributed by atoms with van der Waals surface area (Å²) >= 11 is 0. The van der Waals surface area contributed by atoms with Crippen LogP contribution in [0, 0.1) is 18.8 Å². The van der Waals surface area contributed by atoms with E-state index in [1.807, 2.05) is 6.92 Å². The van der Waals surface area contributed by atoms with E-state index >= 15 is 0 Å². The normalized spacial score (nSPS) is 25.7.